The summed E-state index contributed by atoms with van der Waals surface area (Å²) in [6.45, 7) is 5.71. The Kier molecular flexibility index (Phi) is 6.52. The third-order valence-corrected chi connectivity index (χ3v) is 8.14. The number of thiophene rings is 1. The summed E-state index contributed by atoms with van der Waals surface area (Å²) in [5, 5.41) is 0. The summed E-state index contributed by atoms with van der Waals surface area (Å²) in [5.74, 6) is 1.19. The molecule has 1 aliphatic heterocycles. The maximum Gasteiger partial charge on any atom is 0.0348 e. The van der Waals surface area contributed by atoms with Crippen LogP contribution >= 0.6 is 11.3 Å². The molecule has 2 heteroatoms. The highest BCUT2D eigenvalue weighted by atomic mass is 32.1. The van der Waals surface area contributed by atoms with E-state index in [0.29, 0.717) is 11.8 Å². The van der Waals surface area contributed by atoms with Crippen molar-refractivity contribution in [2.24, 2.45) is 5.92 Å². The summed E-state index contributed by atoms with van der Waals surface area (Å²) in [6.07, 6.45) is 2.51. The van der Waals surface area contributed by atoms with E-state index in [2.05, 4.69) is 109 Å². The second-order valence-corrected chi connectivity index (χ2v) is 10.1. The lowest BCUT2D eigenvalue weighted by Gasteiger charge is -2.36. The Morgan fingerprint density at radius 2 is 1.31 bits per heavy atom. The van der Waals surface area contributed by atoms with E-state index in [4.69, 9.17) is 0 Å². The normalized spacial score (nSPS) is 15.3. The molecule has 0 radical (unpaired) electrons. The molecule has 2 heterocycles. The molecule has 162 valence electrons. The second kappa shape index (κ2) is 9.85. The van der Waals surface area contributed by atoms with Gasteiger partial charge in [0, 0.05) is 22.2 Å². The van der Waals surface area contributed by atoms with Gasteiger partial charge in [-0.25, -0.2) is 0 Å². The number of piperidine rings is 1. The predicted octanol–water partition coefficient (Wildman–Crippen LogP) is 7.77. The van der Waals surface area contributed by atoms with Crippen molar-refractivity contribution in [3.05, 3.63) is 119 Å². The maximum absolute atomic E-state index is 2.66. The van der Waals surface area contributed by atoms with E-state index in [-0.39, 0.29) is 0 Å². The van der Waals surface area contributed by atoms with E-state index < -0.39 is 0 Å². The molecule has 32 heavy (non-hydrogen) atoms. The first-order chi connectivity index (χ1) is 15.8. The maximum atomic E-state index is 2.66. The average molecular weight is 438 g/mol. The van der Waals surface area contributed by atoms with Gasteiger partial charge >= 0.3 is 0 Å². The standard InChI is InChI=1S/C30H31NS/c1-23-21-28(24-11-5-2-6-12-24)32-29(23)22-31-19-17-27(18-20-31)30(25-13-7-3-8-14-25)26-15-9-4-10-16-26/h2-16,21,27,30H,17-20,22H2,1H3. The van der Waals surface area contributed by atoms with Gasteiger partial charge in [0.15, 0.2) is 0 Å². The van der Waals surface area contributed by atoms with Crippen LogP contribution in [-0.2, 0) is 6.54 Å². The molecule has 0 atom stereocenters. The largest absolute Gasteiger partial charge is 0.298 e. The third-order valence-electron chi connectivity index (χ3n) is 6.87. The molecule has 0 N–H and O–H groups in total. The Labute approximate surface area is 196 Å². The van der Waals surface area contributed by atoms with Crippen LogP contribution in [0.25, 0.3) is 10.4 Å². The van der Waals surface area contributed by atoms with Gasteiger partial charge in [0.05, 0.1) is 0 Å². The van der Waals surface area contributed by atoms with Gasteiger partial charge in [-0.3, -0.25) is 4.90 Å². The summed E-state index contributed by atoms with van der Waals surface area (Å²) in [6, 6.07) is 35.4. The minimum Gasteiger partial charge on any atom is -0.298 e. The van der Waals surface area contributed by atoms with Gasteiger partial charge in [-0.1, -0.05) is 91.0 Å². The highest BCUT2D eigenvalue weighted by Gasteiger charge is 2.29. The molecule has 3 aromatic carbocycles. The molecule has 0 unspecified atom stereocenters. The van der Waals surface area contributed by atoms with Crippen molar-refractivity contribution in [3.8, 4) is 10.4 Å². The van der Waals surface area contributed by atoms with Crippen molar-refractivity contribution >= 4 is 11.3 Å². The van der Waals surface area contributed by atoms with E-state index in [1.807, 2.05) is 11.3 Å². The van der Waals surface area contributed by atoms with Gasteiger partial charge in [0.25, 0.3) is 0 Å². The van der Waals surface area contributed by atoms with Crippen LogP contribution in [0.5, 0.6) is 0 Å². The zero-order valence-corrected chi connectivity index (χ0v) is 19.6. The molecule has 1 saturated heterocycles. The zero-order valence-electron chi connectivity index (χ0n) is 18.8. The van der Waals surface area contributed by atoms with Crippen LogP contribution in [0.2, 0.25) is 0 Å². The van der Waals surface area contributed by atoms with Gasteiger partial charge in [-0.05, 0) is 67.1 Å². The van der Waals surface area contributed by atoms with E-state index in [1.165, 1.54) is 57.9 Å². The molecule has 1 aromatic heterocycles. The van der Waals surface area contributed by atoms with Crippen molar-refractivity contribution < 1.29 is 0 Å². The minimum atomic E-state index is 0.493. The fraction of sp³-hybridized carbons (Fsp3) is 0.267. The lowest BCUT2D eigenvalue weighted by molar-refractivity contribution is 0.169. The van der Waals surface area contributed by atoms with Crippen molar-refractivity contribution in [2.75, 3.05) is 13.1 Å². The van der Waals surface area contributed by atoms with E-state index in [1.54, 1.807) is 0 Å². The summed E-state index contributed by atoms with van der Waals surface area (Å²) in [7, 11) is 0. The number of benzene rings is 3. The molecule has 1 fully saturated rings. The Balaban J connectivity index is 1.28. The number of rotatable bonds is 6. The van der Waals surface area contributed by atoms with Crippen molar-refractivity contribution in [1.29, 1.82) is 0 Å². The molecule has 0 aliphatic carbocycles. The summed E-state index contributed by atoms with van der Waals surface area (Å²) in [5.41, 5.74) is 5.68. The quantitative estimate of drug-likeness (QED) is 0.298. The van der Waals surface area contributed by atoms with E-state index in [0.717, 1.165) is 6.54 Å². The zero-order chi connectivity index (χ0) is 21.8. The number of hydrogen-bond acceptors (Lipinski definition) is 2. The lowest BCUT2D eigenvalue weighted by Crippen LogP contribution is -2.35. The van der Waals surface area contributed by atoms with Crippen molar-refractivity contribution in [1.82, 2.24) is 4.90 Å². The number of hydrogen-bond donors (Lipinski definition) is 0. The van der Waals surface area contributed by atoms with Crippen molar-refractivity contribution in [3.63, 3.8) is 0 Å². The minimum absolute atomic E-state index is 0.493. The van der Waals surface area contributed by atoms with Gasteiger partial charge in [-0.15, -0.1) is 11.3 Å². The van der Waals surface area contributed by atoms with Crippen LogP contribution in [0.15, 0.2) is 97.1 Å². The Bertz CT molecular complexity index is 1070. The van der Waals surface area contributed by atoms with Crippen LogP contribution in [0, 0.1) is 12.8 Å². The molecule has 0 saturated carbocycles. The topological polar surface area (TPSA) is 3.24 Å². The average Bonchev–Trinajstić information content (AvgIpc) is 3.22. The fourth-order valence-electron chi connectivity index (χ4n) is 5.13. The molecular formula is C30H31NS. The summed E-state index contributed by atoms with van der Waals surface area (Å²) in [4.78, 5) is 5.57. The molecule has 1 nitrogen and oxygen atoms in total. The molecular weight excluding hydrogens is 406 g/mol. The fourth-order valence-corrected chi connectivity index (χ4v) is 6.35. The van der Waals surface area contributed by atoms with Gasteiger partial charge in [0.2, 0.25) is 0 Å². The van der Waals surface area contributed by atoms with Crippen LogP contribution in [0.3, 0.4) is 0 Å². The van der Waals surface area contributed by atoms with Gasteiger partial charge in [-0.2, -0.15) is 0 Å². The van der Waals surface area contributed by atoms with Crippen LogP contribution in [-0.4, -0.2) is 18.0 Å². The van der Waals surface area contributed by atoms with E-state index >= 15 is 0 Å². The molecule has 5 rings (SSSR count). The first-order valence-electron chi connectivity index (χ1n) is 11.7. The lowest BCUT2D eigenvalue weighted by atomic mass is 9.76. The first kappa shape index (κ1) is 21.2. The predicted molar refractivity (Wildman–Crippen MR) is 137 cm³/mol. The Morgan fingerprint density at radius 3 is 1.88 bits per heavy atom. The van der Waals surface area contributed by atoms with Crippen LogP contribution in [0.4, 0.5) is 0 Å². The van der Waals surface area contributed by atoms with E-state index in [9.17, 15) is 0 Å². The third kappa shape index (κ3) is 4.72. The number of likely N-dealkylation sites (tertiary alicyclic amines) is 1. The molecule has 1 aliphatic rings. The Morgan fingerprint density at radius 1 is 0.781 bits per heavy atom. The highest BCUT2D eigenvalue weighted by Crippen LogP contribution is 2.39. The monoisotopic (exact) mass is 437 g/mol. The molecule has 0 bridgehead atoms. The Hall–Kier alpha value is -2.68. The van der Waals surface area contributed by atoms with Crippen LogP contribution < -0.4 is 0 Å². The van der Waals surface area contributed by atoms with Crippen LogP contribution in [0.1, 0.15) is 40.3 Å². The smallest absolute Gasteiger partial charge is 0.0348 e. The van der Waals surface area contributed by atoms with Crippen molar-refractivity contribution in [2.45, 2.75) is 32.2 Å². The highest BCUT2D eigenvalue weighted by molar-refractivity contribution is 7.15. The number of nitrogens with zero attached hydrogens (tertiary/aromatic N) is 1. The molecule has 0 amide bonds. The summed E-state index contributed by atoms with van der Waals surface area (Å²) >= 11 is 1.97. The van der Waals surface area contributed by atoms with Gasteiger partial charge < -0.3 is 0 Å². The first-order valence-corrected chi connectivity index (χ1v) is 12.6. The van der Waals surface area contributed by atoms with Gasteiger partial charge in [0.1, 0.15) is 0 Å². The summed E-state index contributed by atoms with van der Waals surface area (Å²) < 4.78 is 0. The second-order valence-electron chi connectivity index (χ2n) is 9.00. The number of aryl methyl sites for hydroxylation is 1. The SMILES string of the molecule is Cc1cc(-c2ccccc2)sc1CN1CCC(C(c2ccccc2)c2ccccc2)CC1. The molecule has 4 aromatic rings. The molecule has 0 spiro atoms.